The van der Waals surface area contributed by atoms with Gasteiger partial charge in [0.15, 0.2) is 0 Å². The molecule has 1 aromatic heterocycles. The molecule has 0 amide bonds. The lowest BCUT2D eigenvalue weighted by Gasteiger charge is -2.08. The van der Waals surface area contributed by atoms with Gasteiger partial charge in [-0.25, -0.2) is 0 Å². The summed E-state index contributed by atoms with van der Waals surface area (Å²) in [5.74, 6) is 1.55. The van der Waals surface area contributed by atoms with Crippen molar-refractivity contribution in [1.29, 1.82) is 0 Å². The van der Waals surface area contributed by atoms with E-state index in [9.17, 15) is 0 Å². The average Bonchev–Trinajstić information content (AvgIpc) is 2.27. The molecule has 0 aliphatic rings. The molecule has 3 nitrogen and oxygen atoms in total. The van der Waals surface area contributed by atoms with Crippen LogP contribution in [-0.4, -0.2) is 24.7 Å². The van der Waals surface area contributed by atoms with Crippen LogP contribution in [0.2, 0.25) is 0 Å². The summed E-state index contributed by atoms with van der Waals surface area (Å²) >= 11 is 3.37. The summed E-state index contributed by atoms with van der Waals surface area (Å²) in [6, 6.07) is 1.93. The molecule has 0 saturated heterocycles. The van der Waals surface area contributed by atoms with Gasteiger partial charge in [-0.1, -0.05) is 13.8 Å². The van der Waals surface area contributed by atoms with Gasteiger partial charge in [-0.05, 0) is 53.8 Å². The van der Waals surface area contributed by atoms with Crippen LogP contribution in [0.25, 0.3) is 0 Å². The van der Waals surface area contributed by atoms with E-state index in [-0.39, 0.29) is 0 Å². The highest BCUT2D eigenvalue weighted by atomic mass is 79.9. The Labute approximate surface area is 112 Å². The van der Waals surface area contributed by atoms with E-state index in [1.165, 1.54) is 0 Å². The highest BCUT2D eigenvalue weighted by Gasteiger charge is 1.96. The number of nitrogens with zero attached hydrogens (tertiary/aromatic N) is 1. The molecule has 96 valence electrons. The van der Waals surface area contributed by atoms with Crippen molar-refractivity contribution in [2.75, 3.05) is 19.7 Å². The molecule has 1 rings (SSSR count). The maximum Gasteiger partial charge on any atom is 0.138 e. The van der Waals surface area contributed by atoms with Crippen LogP contribution in [0.5, 0.6) is 5.75 Å². The van der Waals surface area contributed by atoms with Crippen LogP contribution in [0.3, 0.4) is 0 Å². The zero-order valence-corrected chi connectivity index (χ0v) is 12.2. The molecule has 1 heterocycles. The molecule has 0 saturated carbocycles. The first-order valence-electron chi connectivity index (χ1n) is 6.12. The molecule has 0 radical (unpaired) electrons. The first kappa shape index (κ1) is 14.5. The molecule has 0 aliphatic heterocycles. The maximum atomic E-state index is 5.59. The lowest BCUT2D eigenvalue weighted by Crippen LogP contribution is -2.21. The fraction of sp³-hybridized carbons (Fsp3) is 0.615. The molecule has 0 spiro atoms. The number of hydrogen-bond donors (Lipinski definition) is 1. The zero-order chi connectivity index (χ0) is 12.5. The molecule has 0 atom stereocenters. The van der Waals surface area contributed by atoms with Crippen molar-refractivity contribution in [2.24, 2.45) is 5.92 Å². The number of pyridine rings is 1. The molecule has 17 heavy (non-hydrogen) atoms. The predicted octanol–water partition coefficient (Wildman–Crippen LogP) is 3.25. The van der Waals surface area contributed by atoms with Crippen molar-refractivity contribution < 1.29 is 4.74 Å². The van der Waals surface area contributed by atoms with Crippen molar-refractivity contribution in [3.05, 3.63) is 22.9 Å². The summed E-state index contributed by atoms with van der Waals surface area (Å²) < 4.78 is 6.55. The average molecular weight is 301 g/mol. The van der Waals surface area contributed by atoms with E-state index < -0.39 is 0 Å². The third-order valence-electron chi connectivity index (χ3n) is 2.25. The van der Waals surface area contributed by atoms with Crippen LogP contribution >= 0.6 is 15.9 Å². The quantitative estimate of drug-likeness (QED) is 0.748. The molecule has 0 aliphatic carbocycles. The van der Waals surface area contributed by atoms with Crippen LogP contribution in [-0.2, 0) is 0 Å². The number of halogens is 1. The second-order valence-corrected chi connectivity index (χ2v) is 5.41. The molecule has 4 heteroatoms. The van der Waals surface area contributed by atoms with E-state index in [0.29, 0.717) is 0 Å². The minimum atomic E-state index is 0.721. The number of ether oxygens (including phenoxy) is 1. The number of hydrogen-bond acceptors (Lipinski definition) is 3. The van der Waals surface area contributed by atoms with Gasteiger partial charge >= 0.3 is 0 Å². The Kier molecular flexibility index (Phi) is 7.21. The minimum Gasteiger partial charge on any atom is -0.492 e. The highest BCUT2D eigenvalue weighted by molar-refractivity contribution is 9.10. The van der Waals surface area contributed by atoms with Gasteiger partial charge in [0, 0.05) is 10.7 Å². The SMILES string of the molecule is CC(C)CNCCCCOc1cncc(Br)c1. The van der Waals surface area contributed by atoms with Gasteiger partial charge in [-0.2, -0.15) is 0 Å². The normalized spacial score (nSPS) is 10.8. The molecular formula is C13H21BrN2O. The molecule has 1 N–H and O–H groups in total. The van der Waals surface area contributed by atoms with Gasteiger partial charge in [0.2, 0.25) is 0 Å². The van der Waals surface area contributed by atoms with Crippen molar-refractivity contribution in [3.8, 4) is 5.75 Å². The number of rotatable bonds is 8. The third kappa shape index (κ3) is 7.34. The van der Waals surface area contributed by atoms with Crippen molar-refractivity contribution in [2.45, 2.75) is 26.7 Å². The highest BCUT2D eigenvalue weighted by Crippen LogP contribution is 2.15. The summed E-state index contributed by atoms with van der Waals surface area (Å²) in [4.78, 5) is 4.05. The smallest absolute Gasteiger partial charge is 0.138 e. The van der Waals surface area contributed by atoms with Crippen LogP contribution in [0.1, 0.15) is 26.7 Å². The Morgan fingerprint density at radius 2 is 2.18 bits per heavy atom. The van der Waals surface area contributed by atoms with E-state index in [1.807, 2.05) is 6.07 Å². The molecular weight excluding hydrogens is 280 g/mol. The summed E-state index contributed by atoms with van der Waals surface area (Å²) in [6.07, 6.45) is 5.70. The summed E-state index contributed by atoms with van der Waals surface area (Å²) in [5, 5.41) is 3.42. The molecule has 0 unspecified atom stereocenters. The monoisotopic (exact) mass is 300 g/mol. The predicted molar refractivity (Wildman–Crippen MR) is 74.4 cm³/mol. The minimum absolute atomic E-state index is 0.721. The number of nitrogens with one attached hydrogen (secondary N) is 1. The van der Waals surface area contributed by atoms with Crippen molar-refractivity contribution >= 4 is 15.9 Å². The summed E-state index contributed by atoms with van der Waals surface area (Å²) in [6.45, 7) is 7.35. The molecule has 0 bridgehead atoms. The molecule has 0 fully saturated rings. The Morgan fingerprint density at radius 1 is 1.35 bits per heavy atom. The standard InChI is InChI=1S/C13H21BrN2O/c1-11(2)8-15-5-3-4-6-17-13-7-12(14)9-16-10-13/h7,9-11,15H,3-6,8H2,1-2H3. The van der Waals surface area contributed by atoms with E-state index in [1.54, 1.807) is 12.4 Å². The van der Waals surface area contributed by atoms with Crippen molar-refractivity contribution in [1.82, 2.24) is 10.3 Å². The van der Waals surface area contributed by atoms with Crippen LogP contribution in [0.15, 0.2) is 22.9 Å². The summed E-state index contributed by atoms with van der Waals surface area (Å²) in [5.41, 5.74) is 0. The second-order valence-electron chi connectivity index (χ2n) is 4.49. The van der Waals surface area contributed by atoms with Crippen molar-refractivity contribution in [3.63, 3.8) is 0 Å². The first-order chi connectivity index (χ1) is 8.18. The summed E-state index contributed by atoms with van der Waals surface area (Å²) in [7, 11) is 0. The Morgan fingerprint density at radius 3 is 2.88 bits per heavy atom. The van der Waals surface area contributed by atoms with Crippen LogP contribution < -0.4 is 10.1 Å². The van der Waals surface area contributed by atoms with Gasteiger partial charge < -0.3 is 10.1 Å². The maximum absolute atomic E-state index is 5.59. The van der Waals surface area contributed by atoms with E-state index in [0.717, 1.165) is 48.7 Å². The third-order valence-corrected chi connectivity index (χ3v) is 2.68. The fourth-order valence-corrected chi connectivity index (χ4v) is 1.75. The van der Waals surface area contributed by atoms with E-state index >= 15 is 0 Å². The lowest BCUT2D eigenvalue weighted by molar-refractivity contribution is 0.304. The van der Waals surface area contributed by atoms with Gasteiger partial charge in [0.05, 0.1) is 12.8 Å². The van der Waals surface area contributed by atoms with Gasteiger partial charge in [-0.15, -0.1) is 0 Å². The van der Waals surface area contributed by atoms with Gasteiger partial charge in [0.25, 0.3) is 0 Å². The van der Waals surface area contributed by atoms with Gasteiger partial charge in [0.1, 0.15) is 5.75 Å². The Balaban J connectivity index is 2.01. The van der Waals surface area contributed by atoms with Crippen LogP contribution in [0.4, 0.5) is 0 Å². The number of unbranched alkanes of at least 4 members (excludes halogenated alkanes) is 1. The number of aromatic nitrogens is 1. The fourth-order valence-electron chi connectivity index (χ4n) is 1.40. The second kappa shape index (κ2) is 8.48. The zero-order valence-electron chi connectivity index (χ0n) is 10.6. The first-order valence-corrected chi connectivity index (χ1v) is 6.92. The lowest BCUT2D eigenvalue weighted by atomic mass is 10.2. The molecule has 1 aromatic rings. The largest absolute Gasteiger partial charge is 0.492 e. The Bertz CT molecular complexity index is 318. The molecule has 0 aromatic carbocycles. The van der Waals surface area contributed by atoms with Crippen LogP contribution in [0, 0.1) is 5.92 Å². The Hall–Kier alpha value is -0.610. The van der Waals surface area contributed by atoms with Gasteiger partial charge in [-0.3, -0.25) is 4.98 Å². The topological polar surface area (TPSA) is 34.1 Å². The van der Waals surface area contributed by atoms with E-state index in [4.69, 9.17) is 4.74 Å². The van der Waals surface area contributed by atoms with E-state index in [2.05, 4.69) is 40.1 Å².